The van der Waals surface area contributed by atoms with Crippen LogP contribution in [0.4, 0.5) is 0 Å². The van der Waals surface area contributed by atoms with Crippen LogP contribution in [0.25, 0.3) is 27.8 Å². The standard InChI is InChI=1S/C32H28Cl2N2O3/c1-17-6-7-18(2)31(27-16-29(37)24-14-22(33)10-12-26(24)35-27)30(17)21(5)39-32(38)25-15-23(34)11-13-28(25)36-19(3)8-9-20(36)4/h6-16,21H,1-5H3,(H,35,37)/t21-/m0/s1. The number of esters is 1. The summed E-state index contributed by atoms with van der Waals surface area (Å²) in [6.07, 6.45) is -0.615. The summed E-state index contributed by atoms with van der Waals surface area (Å²) in [5.74, 6) is -0.485. The molecule has 2 aromatic heterocycles. The molecule has 0 unspecified atom stereocenters. The smallest absolute Gasteiger partial charge is 0.340 e. The van der Waals surface area contributed by atoms with Gasteiger partial charge in [-0.3, -0.25) is 4.79 Å². The minimum Gasteiger partial charge on any atom is -0.454 e. The number of hydrogen-bond acceptors (Lipinski definition) is 3. The molecule has 0 aliphatic carbocycles. The second kappa shape index (κ2) is 10.4. The van der Waals surface area contributed by atoms with Gasteiger partial charge in [-0.05, 0) is 94.3 Å². The number of carbonyl (C=O) groups excluding carboxylic acids is 1. The Morgan fingerprint density at radius 3 is 2.21 bits per heavy atom. The maximum atomic E-state index is 13.7. The van der Waals surface area contributed by atoms with E-state index in [9.17, 15) is 9.59 Å². The van der Waals surface area contributed by atoms with E-state index in [0.717, 1.165) is 33.6 Å². The lowest BCUT2D eigenvalue weighted by molar-refractivity contribution is 0.0338. The van der Waals surface area contributed by atoms with Gasteiger partial charge in [-0.15, -0.1) is 0 Å². The molecule has 39 heavy (non-hydrogen) atoms. The van der Waals surface area contributed by atoms with Gasteiger partial charge >= 0.3 is 5.97 Å². The van der Waals surface area contributed by atoms with E-state index in [2.05, 4.69) is 4.98 Å². The first-order valence-electron chi connectivity index (χ1n) is 12.6. The molecule has 5 nitrogen and oxygen atoms in total. The summed E-state index contributed by atoms with van der Waals surface area (Å²) >= 11 is 12.4. The molecule has 0 radical (unpaired) electrons. The van der Waals surface area contributed by atoms with Gasteiger partial charge in [0.25, 0.3) is 0 Å². The fraction of sp³-hybridized carbons (Fsp3) is 0.188. The number of aryl methyl sites for hydroxylation is 4. The predicted octanol–water partition coefficient (Wildman–Crippen LogP) is 8.44. The van der Waals surface area contributed by atoms with E-state index in [1.54, 1.807) is 36.4 Å². The van der Waals surface area contributed by atoms with Gasteiger partial charge in [0.05, 0.1) is 16.9 Å². The zero-order valence-electron chi connectivity index (χ0n) is 22.4. The van der Waals surface area contributed by atoms with Crippen LogP contribution in [0.5, 0.6) is 0 Å². The molecular weight excluding hydrogens is 531 g/mol. The fourth-order valence-electron chi connectivity index (χ4n) is 5.27. The lowest BCUT2D eigenvalue weighted by Gasteiger charge is -2.23. The molecule has 7 heteroatoms. The van der Waals surface area contributed by atoms with Gasteiger partial charge in [-0.25, -0.2) is 4.79 Å². The third-order valence-electron chi connectivity index (χ3n) is 7.11. The quantitative estimate of drug-likeness (QED) is 0.220. The number of aromatic amines is 1. The van der Waals surface area contributed by atoms with Gasteiger partial charge in [0, 0.05) is 49.5 Å². The molecule has 0 amide bonds. The summed E-state index contributed by atoms with van der Waals surface area (Å²) in [6.45, 7) is 9.77. The molecule has 5 rings (SSSR count). The number of carbonyl (C=O) groups is 1. The highest BCUT2D eigenvalue weighted by molar-refractivity contribution is 6.31. The van der Waals surface area contributed by atoms with Crippen LogP contribution >= 0.6 is 23.2 Å². The number of halogens is 2. The Morgan fingerprint density at radius 2 is 1.49 bits per heavy atom. The Kier molecular flexibility index (Phi) is 7.15. The van der Waals surface area contributed by atoms with Gasteiger partial charge in [0.1, 0.15) is 6.10 Å². The summed E-state index contributed by atoms with van der Waals surface area (Å²) < 4.78 is 8.11. The minimum absolute atomic E-state index is 0.140. The van der Waals surface area contributed by atoms with E-state index in [0.29, 0.717) is 37.9 Å². The molecule has 0 saturated heterocycles. The van der Waals surface area contributed by atoms with E-state index < -0.39 is 12.1 Å². The fourth-order valence-corrected chi connectivity index (χ4v) is 5.61. The van der Waals surface area contributed by atoms with Crippen molar-refractivity contribution in [2.75, 3.05) is 0 Å². The van der Waals surface area contributed by atoms with Crippen molar-refractivity contribution in [2.24, 2.45) is 0 Å². The number of nitrogens with zero attached hydrogens (tertiary/aromatic N) is 1. The van der Waals surface area contributed by atoms with Crippen LogP contribution < -0.4 is 5.43 Å². The van der Waals surface area contributed by atoms with Crippen LogP contribution in [-0.2, 0) is 4.74 Å². The zero-order chi connectivity index (χ0) is 28.0. The van der Waals surface area contributed by atoms with Crippen LogP contribution in [0.2, 0.25) is 10.0 Å². The summed E-state index contributed by atoms with van der Waals surface area (Å²) in [7, 11) is 0. The highest BCUT2D eigenvalue weighted by Crippen LogP contribution is 2.36. The van der Waals surface area contributed by atoms with E-state index in [4.69, 9.17) is 27.9 Å². The molecule has 1 N–H and O–H groups in total. The van der Waals surface area contributed by atoms with Gasteiger partial charge in [-0.1, -0.05) is 35.3 Å². The van der Waals surface area contributed by atoms with Crippen LogP contribution in [0, 0.1) is 27.7 Å². The number of H-pyrrole nitrogens is 1. The lowest BCUT2D eigenvalue weighted by atomic mass is 9.91. The number of rotatable bonds is 5. The first-order chi connectivity index (χ1) is 18.5. The molecule has 0 bridgehead atoms. The Balaban J connectivity index is 1.59. The first kappa shape index (κ1) is 26.8. The SMILES string of the molecule is Cc1ccc(C)c([C@H](C)OC(=O)c2cc(Cl)ccc2-n2c(C)ccc2C)c1-c1cc(=O)c2cc(Cl)ccc2[nH]1. The lowest BCUT2D eigenvalue weighted by Crippen LogP contribution is -2.15. The molecule has 1 atom stereocenters. The molecule has 0 saturated carbocycles. The van der Waals surface area contributed by atoms with Crippen molar-refractivity contribution in [2.45, 2.75) is 40.7 Å². The molecule has 2 heterocycles. The van der Waals surface area contributed by atoms with Crippen molar-refractivity contribution >= 4 is 40.1 Å². The highest BCUT2D eigenvalue weighted by atomic mass is 35.5. The molecular formula is C32H28Cl2N2O3. The van der Waals surface area contributed by atoms with Crippen molar-refractivity contribution in [3.8, 4) is 16.9 Å². The Hall–Kier alpha value is -3.80. The van der Waals surface area contributed by atoms with Gasteiger partial charge in [0.15, 0.2) is 5.43 Å². The number of fused-ring (bicyclic) bond motifs is 1. The Labute approximate surface area is 237 Å². The zero-order valence-corrected chi connectivity index (χ0v) is 23.9. The molecule has 3 aromatic carbocycles. The van der Waals surface area contributed by atoms with Crippen molar-refractivity contribution in [1.82, 2.24) is 9.55 Å². The maximum absolute atomic E-state index is 13.7. The minimum atomic E-state index is -0.615. The van der Waals surface area contributed by atoms with Crippen LogP contribution in [0.3, 0.4) is 0 Å². The van der Waals surface area contributed by atoms with E-state index in [1.165, 1.54) is 0 Å². The molecule has 0 fully saturated rings. The molecule has 0 aliphatic heterocycles. The van der Waals surface area contributed by atoms with Crippen molar-refractivity contribution < 1.29 is 9.53 Å². The van der Waals surface area contributed by atoms with Gasteiger partial charge in [0.2, 0.25) is 0 Å². The Morgan fingerprint density at radius 1 is 0.846 bits per heavy atom. The second-order valence-electron chi connectivity index (χ2n) is 9.89. The predicted molar refractivity (Wildman–Crippen MR) is 159 cm³/mol. The number of nitrogens with one attached hydrogen (secondary N) is 1. The summed E-state index contributed by atoms with van der Waals surface area (Å²) in [5.41, 5.74) is 7.80. The first-order valence-corrected chi connectivity index (χ1v) is 13.4. The number of hydrogen-bond donors (Lipinski definition) is 1. The van der Waals surface area contributed by atoms with Gasteiger partial charge < -0.3 is 14.3 Å². The molecule has 0 aliphatic rings. The third-order valence-corrected chi connectivity index (χ3v) is 7.58. The third kappa shape index (κ3) is 5.00. The highest BCUT2D eigenvalue weighted by Gasteiger charge is 2.24. The monoisotopic (exact) mass is 558 g/mol. The molecule has 5 aromatic rings. The van der Waals surface area contributed by atoms with E-state index >= 15 is 0 Å². The summed E-state index contributed by atoms with van der Waals surface area (Å²) in [6, 6.07) is 20.0. The summed E-state index contributed by atoms with van der Waals surface area (Å²) in [5, 5.41) is 1.46. The van der Waals surface area contributed by atoms with E-state index in [1.807, 2.05) is 69.5 Å². The topological polar surface area (TPSA) is 64.1 Å². The van der Waals surface area contributed by atoms with Gasteiger partial charge in [-0.2, -0.15) is 0 Å². The number of pyridine rings is 1. The van der Waals surface area contributed by atoms with Crippen molar-refractivity contribution in [1.29, 1.82) is 0 Å². The average molecular weight is 559 g/mol. The van der Waals surface area contributed by atoms with Crippen LogP contribution in [0.1, 0.15) is 51.5 Å². The normalized spacial score (nSPS) is 12.1. The summed E-state index contributed by atoms with van der Waals surface area (Å²) in [4.78, 5) is 30.1. The van der Waals surface area contributed by atoms with E-state index in [-0.39, 0.29) is 5.43 Å². The molecule has 0 spiro atoms. The molecule has 198 valence electrons. The second-order valence-corrected chi connectivity index (χ2v) is 10.8. The van der Waals surface area contributed by atoms with Crippen molar-refractivity contribution in [3.05, 3.63) is 121 Å². The maximum Gasteiger partial charge on any atom is 0.340 e. The average Bonchev–Trinajstić information content (AvgIpc) is 3.22. The van der Waals surface area contributed by atoms with Crippen LogP contribution in [0.15, 0.2) is 71.5 Å². The van der Waals surface area contributed by atoms with Crippen molar-refractivity contribution in [3.63, 3.8) is 0 Å². The number of ether oxygens (including phenoxy) is 1. The number of aromatic nitrogens is 2. The van der Waals surface area contributed by atoms with Crippen LogP contribution in [-0.4, -0.2) is 15.5 Å². The largest absolute Gasteiger partial charge is 0.454 e. The Bertz CT molecular complexity index is 1800. The number of benzene rings is 3.